The van der Waals surface area contributed by atoms with Crippen LogP contribution in [0.15, 0.2) is 12.2 Å². The molecule has 0 saturated carbocycles. The molecule has 64 valence electrons. The van der Waals surface area contributed by atoms with Crippen LogP contribution in [0.4, 0.5) is 13.2 Å². The van der Waals surface area contributed by atoms with E-state index in [2.05, 4.69) is 6.58 Å². The third-order valence-corrected chi connectivity index (χ3v) is 1.80. The summed E-state index contributed by atoms with van der Waals surface area (Å²) >= 11 is 0.228. The highest BCUT2D eigenvalue weighted by Gasteiger charge is 2.28. The molecule has 0 aromatic carbocycles. The minimum absolute atomic E-state index is 0.138. The van der Waals surface area contributed by atoms with Crippen LogP contribution in [0.25, 0.3) is 0 Å². The molecule has 0 aromatic heterocycles. The molecule has 0 aliphatic carbocycles. The van der Waals surface area contributed by atoms with Crippen molar-refractivity contribution in [3.63, 3.8) is 0 Å². The lowest BCUT2D eigenvalue weighted by molar-refractivity contribution is -0.111. The Labute approximate surface area is 66.7 Å². The minimum atomic E-state index is -4.28. The van der Waals surface area contributed by atoms with Crippen molar-refractivity contribution in [1.29, 1.82) is 0 Å². The van der Waals surface area contributed by atoms with Crippen molar-refractivity contribution in [2.45, 2.75) is 13.1 Å². The van der Waals surface area contributed by atoms with E-state index in [9.17, 15) is 18.0 Å². The van der Waals surface area contributed by atoms with Gasteiger partial charge in [0, 0.05) is 0 Å². The van der Waals surface area contributed by atoms with Crippen molar-refractivity contribution in [2.24, 2.45) is 0 Å². The van der Waals surface area contributed by atoms with Gasteiger partial charge in [0.25, 0.3) is 0 Å². The first kappa shape index (κ1) is 10.6. The molecule has 0 aliphatic heterocycles. The van der Waals surface area contributed by atoms with E-state index in [1.165, 1.54) is 6.92 Å². The number of thioether (sulfide) groups is 1. The summed E-state index contributed by atoms with van der Waals surface area (Å²) < 4.78 is 34.4. The predicted octanol–water partition coefficient (Wildman–Crippen LogP) is 2.38. The van der Waals surface area contributed by atoms with Gasteiger partial charge in [-0.3, -0.25) is 4.79 Å². The highest BCUT2D eigenvalue weighted by Crippen LogP contribution is 2.22. The molecule has 0 unspecified atom stereocenters. The van der Waals surface area contributed by atoms with Crippen molar-refractivity contribution in [3.8, 4) is 0 Å². The molecule has 1 nitrogen and oxygen atoms in total. The topological polar surface area (TPSA) is 17.1 Å². The average molecular weight is 184 g/mol. The Kier molecular flexibility index (Phi) is 3.65. The summed E-state index contributed by atoms with van der Waals surface area (Å²) in [5.74, 6) is -1.14. The number of carbonyl (C=O) groups excluding carboxylic acids is 1. The van der Waals surface area contributed by atoms with Crippen molar-refractivity contribution in [1.82, 2.24) is 0 Å². The average Bonchev–Trinajstić information content (AvgIpc) is 1.80. The number of halogens is 3. The van der Waals surface area contributed by atoms with Gasteiger partial charge >= 0.3 is 6.18 Å². The van der Waals surface area contributed by atoms with Gasteiger partial charge < -0.3 is 0 Å². The molecule has 0 saturated heterocycles. The molecule has 0 heterocycles. The zero-order valence-corrected chi connectivity index (χ0v) is 6.68. The number of alkyl halides is 3. The Morgan fingerprint density at radius 2 is 2.00 bits per heavy atom. The lowest BCUT2D eigenvalue weighted by Crippen LogP contribution is -2.12. The van der Waals surface area contributed by atoms with Gasteiger partial charge in [-0.2, -0.15) is 13.2 Å². The van der Waals surface area contributed by atoms with Crippen LogP contribution >= 0.6 is 11.8 Å². The highest BCUT2D eigenvalue weighted by molar-refractivity contribution is 8.14. The summed E-state index contributed by atoms with van der Waals surface area (Å²) in [6.07, 6.45) is -4.28. The molecule has 0 aromatic rings. The molecule has 0 spiro atoms. The van der Waals surface area contributed by atoms with Gasteiger partial charge in [-0.1, -0.05) is 18.3 Å². The molecule has 0 N–H and O–H groups in total. The molecule has 0 aliphatic rings. The summed E-state index contributed by atoms with van der Waals surface area (Å²) in [6, 6.07) is 0. The van der Waals surface area contributed by atoms with E-state index in [1.54, 1.807) is 0 Å². The third-order valence-electron chi connectivity index (χ3n) is 0.715. The summed E-state index contributed by atoms with van der Waals surface area (Å²) in [7, 11) is 0. The van der Waals surface area contributed by atoms with Gasteiger partial charge in [0.2, 0.25) is 5.12 Å². The number of rotatable bonds is 2. The molecule has 5 heteroatoms. The van der Waals surface area contributed by atoms with Gasteiger partial charge in [-0.05, 0) is 12.5 Å². The number of hydrogen-bond donors (Lipinski definition) is 0. The lowest BCUT2D eigenvalue weighted by atomic mass is 10.4. The molecule has 0 amide bonds. The van der Waals surface area contributed by atoms with Gasteiger partial charge in [0.15, 0.2) is 0 Å². The second-order valence-electron chi connectivity index (χ2n) is 1.97. The Bertz CT molecular complexity index is 173. The van der Waals surface area contributed by atoms with E-state index in [4.69, 9.17) is 0 Å². The third kappa shape index (κ3) is 5.97. The molecule has 0 rings (SSSR count). The second kappa shape index (κ2) is 3.80. The Balaban J connectivity index is 3.73. The maximum atomic E-state index is 11.5. The van der Waals surface area contributed by atoms with E-state index >= 15 is 0 Å². The second-order valence-corrected chi connectivity index (χ2v) is 2.92. The maximum absolute atomic E-state index is 11.5. The van der Waals surface area contributed by atoms with Crippen LogP contribution in [-0.4, -0.2) is 17.0 Å². The fourth-order valence-electron chi connectivity index (χ4n) is 0.271. The molecule has 11 heavy (non-hydrogen) atoms. The van der Waals surface area contributed by atoms with Crippen LogP contribution in [0.1, 0.15) is 6.92 Å². The zero-order valence-electron chi connectivity index (χ0n) is 5.86. The quantitative estimate of drug-likeness (QED) is 0.613. The van der Waals surface area contributed by atoms with Gasteiger partial charge in [-0.25, -0.2) is 0 Å². The van der Waals surface area contributed by atoms with Crippen LogP contribution in [0.3, 0.4) is 0 Å². The Hall–Kier alpha value is -0.450. The van der Waals surface area contributed by atoms with Crippen molar-refractivity contribution >= 4 is 16.9 Å². The first-order valence-corrected chi connectivity index (χ1v) is 3.71. The van der Waals surface area contributed by atoms with Gasteiger partial charge in [-0.15, -0.1) is 0 Å². The van der Waals surface area contributed by atoms with E-state index in [-0.39, 0.29) is 17.3 Å². The summed E-state index contributed by atoms with van der Waals surface area (Å²) in [4.78, 5) is 10.6. The zero-order chi connectivity index (χ0) is 9.07. The van der Waals surface area contributed by atoms with E-state index in [0.717, 1.165) is 0 Å². The molecule has 0 bridgehead atoms. The van der Waals surface area contributed by atoms with E-state index < -0.39 is 17.0 Å². The smallest absolute Gasteiger partial charge is 0.282 e. The predicted molar refractivity (Wildman–Crippen MR) is 38.3 cm³/mol. The van der Waals surface area contributed by atoms with Crippen LogP contribution < -0.4 is 0 Å². The van der Waals surface area contributed by atoms with Crippen LogP contribution in [0.5, 0.6) is 0 Å². The normalized spacial score (nSPS) is 11.3. The molecular formula is C6H7F3OS. The fourth-order valence-corrected chi connectivity index (χ4v) is 0.812. The SMILES string of the molecule is C=C(C)C(=O)SCC(F)(F)F. The molecule has 0 radical (unpaired) electrons. The molecule has 0 fully saturated rings. The lowest BCUT2D eigenvalue weighted by Gasteiger charge is -2.03. The Morgan fingerprint density at radius 1 is 1.55 bits per heavy atom. The first-order chi connectivity index (χ1) is 4.83. The van der Waals surface area contributed by atoms with E-state index in [1.807, 2.05) is 0 Å². The van der Waals surface area contributed by atoms with Crippen molar-refractivity contribution in [3.05, 3.63) is 12.2 Å². The fraction of sp³-hybridized carbons (Fsp3) is 0.500. The molecule has 0 atom stereocenters. The summed E-state index contributed by atoms with van der Waals surface area (Å²) in [5.41, 5.74) is 0.138. The highest BCUT2D eigenvalue weighted by atomic mass is 32.2. The van der Waals surface area contributed by atoms with Gasteiger partial charge in [0.05, 0.1) is 5.75 Å². The Morgan fingerprint density at radius 3 is 2.27 bits per heavy atom. The van der Waals surface area contributed by atoms with Crippen LogP contribution in [-0.2, 0) is 4.79 Å². The monoisotopic (exact) mass is 184 g/mol. The number of carbonyl (C=O) groups is 1. The van der Waals surface area contributed by atoms with Crippen molar-refractivity contribution in [2.75, 3.05) is 5.75 Å². The minimum Gasteiger partial charge on any atom is -0.282 e. The van der Waals surface area contributed by atoms with Crippen LogP contribution in [0, 0.1) is 0 Å². The standard InChI is InChI=1S/C6H7F3OS/c1-4(2)5(10)11-3-6(7,8)9/h1,3H2,2H3. The van der Waals surface area contributed by atoms with Crippen LogP contribution in [0.2, 0.25) is 0 Å². The molecular weight excluding hydrogens is 177 g/mol. The largest absolute Gasteiger partial charge is 0.398 e. The first-order valence-electron chi connectivity index (χ1n) is 2.72. The van der Waals surface area contributed by atoms with Gasteiger partial charge in [0.1, 0.15) is 0 Å². The van der Waals surface area contributed by atoms with E-state index in [0.29, 0.717) is 0 Å². The summed E-state index contributed by atoms with van der Waals surface area (Å²) in [6.45, 7) is 4.60. The maximum Gasteiger partial charge on any atom is 0.398 e. The number of hydrogen-bond acceptors (Lipinski definition) is 2. The van der Waals surface area contributed by atoms with Crippen molar-refractivity contribution < 1.29 is 18.0 Å². The summed E-state index contributed by atoms with van der Waals surface area (Å²) in [5, 5.41) is -0.609.